The van der Waals surface area contributed by atoms with Crippen molar-refractivity contribution in [1.82, 2.24) is 0 Å². The van der Waals surface area contributed by atoms with Gasteiger partial charge < -0.3 is 0 Å². The van der Waals surface area contributed by atoms with E-state index >= 15 is 0 Å². The Bertz CT molecular complexity index is 159. The van der Waals surface area contributed by atoms with Crippen molar-refractivity contribution in [3.05, 3.63) is 12.7 Å². The average molecular weight is 194 g/mol. The molecule has 0 spiro atoms. The van der Waals surface area contributed by atoms with Gasteiger partial charge in [0.15, 0.2) is 0 Å². The van der Waals surface area contributed by atoms with Crippen molar-refractivity contribution >= 4 is 0 Å². The Kier molecular flexibility index (Phi) is 5.29. The van der Waals surface area contributed by atoms with Crippen LogP contribution in [0, 0.1) is 17.8 Å². The molecule has 0 heterocycles. The summed E-state index contributed by atoms with van der Waals surface area (Å²) in [6.45, 7) is 8.62. The molecule has 0 aromatic carbocycles. The normalized spacial score (nSPS) is 31.6. The number of rotatable bonds is 3. The minimum absolute atomic E-state index is 0.714. The summed E-state index contributed by atoms with van der Waals surface area (Å²) >= 11 is 0. The third-order valence-electron chi connectivity index (χ3n) is 3.65. The van der Waals surface area contributed by atoms with Crippen LogP contribution < -0.4 is 0 Å². The van der Waals surface area contributed by atoms with Gasteiger partial charge in [-0.25, -0.2) is 0 Å². The third kappa shape index (κ3) is 4.30. The molecule has 1 aliphatic rings. The molecule has 0 nitrogen and oxygen atoms in total. The van der Waals surface area contributed by atoms with Crippen molar-refractivity contribution < 1.29 is 0 Å². The number of hydrogen-bond donors (Lipinski definition) is 0. The number of hydrogen-bond acceptors (Lipinski definition) is 0. The molecule has 3 atom stereocenters. The van der Waals surface area contributed by atoms with Gasteiger partial charge in [0.1, 0.15) is 0 Å². The molecule has 1 fully saturated rings. The average Bonchev–Trinajstić information content (AvgIpc) is 2.13. The Labute approximate surface area is 89.8 Å². The van der Waals surface area contributed by atoms with Crippen molar-refractivity contribution in [3.8, 4) is 0 Å². The van der Waals surface area contributed by atoms with Crippen LogP contribution in [0.5, 0.6) is 0 Å². The molecule has 0 aromatic heterocycles. The molecular formula is C14H26. The lowest BCUT2D eigenvalue weighted by molar-refractivity contribution is 0.282. The second-order valence-corrected chi connectivity index (χ2v) is 5.29. The van der Waals surface area contributed by atoms with Gasteiger partial charge in [0, 0.05) is 0 Å². The molecule has 0 saturated heterocycles. The quantitative estimate of drug-likeness (QED) is 0.566. The Morgan fingerprint density at radius 2 is 2.00 bits per heavy atom. The van der Waals surface area contributed by atoms with Crippen LogP contribution in [0.3, 0.4) is 0 Å². The minimum Gasteiger partial charge on any atom is -0.103 e. The predicted octanol–water partition coefficient (Wildman–Crippen LogP) is 4.81. The van der Waals surface area contributed by atoms with E-state index in [2.05, 4.69) is 26.5 Å². The van der Waals surface area contributed by atoms with E-state index in [0.717, 1.165) is 11.8 Å². The van der Waals surface area contributed by atoms with Gasteiger partial charge in [-0.3, -0.25) is 0 Å². The zero-order valence-electron chi connectivity index (χ0n) is 9.97. The van der Waals surface area contributed by atoms with Crippen LogP contribution in [-0.2, 0) is 0 Å². The smallest absolute Gasteiger partial charge is 0.0262 e. The van der Waals surface area contributed by atoms with E-state index in [1.807, 2.05) is 0 Å². The van der Waals surface area contributed by atoms with E-state index in [1.165, 1.54) is 44.9 Å². The van der Waals surface area contributed by atoms with Crippen molar-refractivity contribution in [2.24, 2.45) is 17.8 Å². The second kappa shape index (κ2) is 6.27. The highest BCUT2D eigenvalue weighted by molar-refractivity contribution is 4.79. The van der Waals surface area contributed by atoms with Crippen molar-refractivity contribution in [2.75, 3.05) is 0 Å². The number of allylic oxidation sites excluding steroid dienone is 1. The molecule has 1 rings (SSSR count). The van der Waals surface area contributed by atoms with Crippen LogP contribution in [0.2, 0.25) is 0 Å². The van der Waals surface area contributed by atoms with Gasteiger partial charge in [0.2, 0.25) is 0 Å². The Morgan fingerprint density at radius 1 is 1.29 bits per heavy atom. The van der Waals surface area contributed by atoms with Crippen molar-refractivity contribution in [1.29, 1.82) is 0 Å². The van der Waals surface area contributed by atoms with Crippen molar-refractivity contribution in [3.63, 3.8) is 0 Å². The van der Waals surface area contributed by atoms with Crippen LogP contribution in [0.1, 0.15) is 58.8 Å². The highest BCUT2D eigenvalue weighted by atomic mass is 14.2. The molecule has 14 heavy (non-hydrogen) atoms. The van der Waals surface area contributed by atoms with Gasteiger partial charge in [-0.2, -0.15) is 0 Å². The Hall–Kier alpha value is -0.260. The minimum atomic E-state index is 0.714. The fourth-order valence-electron chi connectivity index (χ4n) is 2.74. The summed E-state index contributed by atoms with van der Waals surface area (Å²) in [4.78, 5) is 0. The van der Waals surface area contributed by atoms with E-state index < -0.39 is 0 Å². The highest BCUT2D eigenvalue weighted by Gasteiger charge is 2.17. The van der Waals surface area contributed by atoms with E-state index in [1.54, 1.807) is 0 Å². The zero-order valence-corrected chi connectivity index (χ0v) is 9.97. The lowest BCUT2D eigenvalue weighted by Gasteiger charge is -2.25. The maximum atomic E-state index is 3.89. The van der Waals surface area contributed by atoms with E-state index in [0.29, 0.717) is 5.92 Å². The van der Waals surface area contributed by atoms with E-state index in [9.17, 15) is 0 Å². The Morgan fingerprint density at radius 3 is 2.71 bits per heavy atom. The van der Waals surface area contributed by atoms with Crippen LogP contribution in [-0.4, -0.2) is 0 Å². The predicted molar refractivity (Wildman–Crippen MR) is 64.3 cm³/mol. The molecule has 0 radical (unpaired) electrons. The van der Waals surface area contributed by atoms with Gasteiger partial charge in [-0.05, 0) is 30.6 Å². The van der Waals surface area contributed by atoms with E-state index in [4.69, 9.17) is 0 Å². The molecule has 0 amide bonds. The summed E-state index contributed by atoms with van der Waals surface area (Å²) in [5.74, 6) is 2.64. The molecule has 0 aromatic rings. The third-order valence-corrected chi connectivity index (χ3v) is 3.65. The van der Waals surface area contributed by atoms with Crippen LogP contribution >= 0.6 is 0 Å². The molecule has 1 aliphatic carbocycles. The summed E-state index contributed by atoms with van der Waals surface area (Å²) in [6.07, 6.45) is 12.2. The first-order valence-corrected chi connectivity index (χ1v) is 6.35. The highest BCUT2D eigenvalue weighted by Crippen LogP contribution is 2.30. The summed E-state index contributed by atoms with van der Waals surface area (Å²) < 4.78 is 0. The van der Waals surface area contributed by atoms with E-state index in [-0.39, 0.29) is 0 Å². The monoisotopic (exact) mass is 194 g/mol. The molecule has 3 unspecified atom stereocenters. The fourth-order valence-corrected chi connectivity index (χ4v) is 2.74. The maximum absolute atomic E-state index is 3.89. The second-order valence-electron chi connectivity index (χ2n) is 5.29. The molecule has 0 aliphatic heterocycles. The Balaban J connectivity index is 2.35. The first kappa shape index (κ1) is 11.8. The summed E-state index contributed by atoms with van der Waals surface area (Å²) in [5, 5.41) is 0. The fraction of sp³-hybridized carbons (Fsp3) is 0.857. The topological polar surface area (TPSA) is 0 Å². The van der Waals surface area contributed by atoms with Crippen LogP contribution in [0.15, 0.2) is 12.7 Å². The van der Waals surface area contributed by atoms with Crippen LogP contribution in [0.4, 0.5) is 0 Å². The van der Waals surface area contributed by atoms with Gasteiger partial charge in [-0.1, -0.05) is 52.0 Å². The van der Waals surface area contributed by atoms with Crippen LogP contribution in [0.25, 0.3) is 0 Å². The van der Waals surface area contributed by atoms with Gasteiger partial charge in [-0.15, -0.1) is 6.58 Å². The largest absolute Gasteiger partial charge is 0.103 e. The molecule has 82 valence electrons. The standard InChI is InChI=1S/C14H26/c1-4-12(2)10-14-9-7-5-6-8-13(3)11-14/h4,12-14H,1,5-11H2,2-3H3. The lowest BCUT2D eigenvalue weighted by Crippen LogP contribution is -2.12. The SMILES string of the molecule is C=CC(C)CC1CCCCCC(C)C1. The molecular weight excluding hydrogens is 168 g/mol. The van der Waals surface area contributed by atoms with Gasteiger partial charge in [0.05, 0.1) is 0 Å². The first-order valence-electron chi connectivity index (χ1n) is 6.35. The van der Waals surface area contributed by atoms with Gasteiger partial charge >= 0.3 is 0 Å². The molecule has 0 N–H and O–H groups in total. The molecule has 0 heteroatoms. The molecule has 0 bridgehead atoms. The van der Waals surface area contributed by atoms with Gasteiger partial charge in [0.25, 0.3) is 0 Å². The lowest BCUT2D eigenvalue weighted by atomic mass is 9.81. The summed E-state index contributed by atoms with van der Waals surface area (Å²) in [6, 6.07) is 0. The maximum Gasteiger partial charge on any atom is -0.0262 e. The summed E-state index contributed by atoms with van der Waals surface area (Å²) in [7, 11) is 0. The van der Waals surface area contributed by atoms with Crippen molar-refractivity contribution in [2.45, 2.75) is 58.8 Å². The first-order chi connectivity index (χ1) is 6.72. The molecule has 1 saturated carbocycles. The zero-order chi connectivity index (χ0) is 10.4. The summed E-state index contributed by atoms with van der Waals surface area (Å²) in [5.41, 5.74) is 0.